The lowest BCUT2D eigenvalue weighted by Crippen LogP contribution is -2.45. The summed E-state index contributed by atoms with van der Waals surface area (Å²) in [6, 6.07) is -0.899. The number of quaternary nitrogens is 1. The van der Waals surface area contributed by atoms with Crippen molar-refractivity contribution >= 4 is 13.7 Å². The summed E-state index contributed by atoms with van der Waals surface area (Å²) in [6.45, 7) is 4.65. The van der Waals surface area contributed by atoms with Crippen LogP contribution in [0, 0.1) is 0 Å². The zero-order valence-corrected chi connectivity index (χ0v) is 45.6. The van der Waals surface area contributed by atoms with Gasteiger partial charge >= 0.3 is 0 Å². The second-order valence-corrected chi connectivity index (χ2v) is 22.4. The number of unbranched alkanes of at least 4 members (excludes halogenated alkanes) is 38. The number of aliphatic hydroxyl groups excluding tert-OH is 1. The van der Waals surface area contributed by atoms with Crippen LogP contribution in [0.25, 0.3) is 0 Å². The predicted molar refractivity (Wildman–Crippen MR) is 284 cm³/mol. The zero-order valence-electron chi connectivity index (χ0n) is 44.7. The zero-order chi connectivity index (χ0) is 48.5. The van der Waals surface area contributed by atoms with Gasteiger partial charge in [-0.25, -0.2) is 0 Å². The van der Waals surface area contributed by atoms with Gasteiger partial charge in [0.25, 0.3) is 7.82 Å². The number of phosphoric acid groups is 1. The van der Waals surface area contributed by atoms with Crippen LogP contribution in [0.1, 0.15) is 284 Å². The number of amides is 1. The third-order valence-corrected chi connectivity index (χ3v) is 14.1. The normalized spacial score (nSPS) is 14.1. The number of rotatable bonds is 53. The summed E-state index contributed by atoms with van der Waals surface area (Å²) in [7, 11) is 1.25. The van der Waals surface area contributed by atoms with Crippen molar-refractivity contribution in [2.24, 2.45) is 0 Å². The van der Waals surface area contributed by atoms with Crippen molar-refractivity contribution in [3.63, 3.8) is 0 Å². The van der Waals surface area contributed by atoms with E-state index < -0.39 is 20.0 Å². The Hall–Kier alpha value is -1.02. The minimum absolute atomic E-state index is 0.00403. The molecule has 0 spiro atoms. The first-order chi connectivity index (χ1) is 32.0. The number of phosphoric ester groups is 1. The lowest BCUT2D eigenvalue weighted by atomic mass is 10.0. The number of carbonyl (C=O) groups is 1. The molecule has 2 N–H and O–H groups in total. The number of hydrogen-bond acceptors (Lipinski definition) is 6. The molecule has 1 amide bonds. The molecule has 0 aromatic carbocycles. The molecule has 0 rings (SSSR count). The average molecular weight is 954 g/mol. The summed E-state index contributed by atoms with van der Waals surface area (Å²) in [5.41, 5.74) is 0. The first-order valence-corrected chi connectivity index (χ1v) is 30.2. The van der Waals surface area contributed by atoms with Gasteiger partial charge in [0.2, 0.25) is 5.91 Å². The SMILES string of the molecule is CCCCCCCCC/C=C/CC/C=C/C(O)C(COP(=O)([O-])OCC[N+](C)(C)C)NC(=O)CCCCCCCCCCCCCCCCCCCCCCCCCCCCCCCCC. The fourth-order valence-corrected chi connectivity index (χ4v) is 9.37. The van der Waals surface area contributed by atoms with E-state index in [1.807, 2.05) is 27.2 Å². The number of allylic oxidation sites excluding steroid dienone is 3. The molecule has 0 aromatic heterocycles. The Labute approximate surface area is 411 Å². The summed E-state index contributed by atoms with van der Waals surface area (Å²) in [4.78, 5) is 25.4. The molecule has 0 aromatic rings. The molecule has 0 saturated carbocycles. The predicted octanol–water partition coefficient (Wildman–Crippen LogP) is 16.6. The van der Waals surface area contributed by atoms with E-state index in [2.05, 4.69) is 31.3 Å². The maximum atomic E-state index is 12.9. The van der Waals surface area contributed by atoms with E-state index in [9.17, 15) is 19.4 Å². The quantitative estimate of drug-likeness (QED) is 0.0272. The maximum absolute atomic E-state index is 12.9. The molecule has 0 fully saturated rings. The van der Waals surface area contributed by atoms with Gasteiger partial charge in [-0.15, -0.1) is 0 Å². The molecule has 0 bridgehead atoms. The van der Waals surface area contributed by atoms with Gasteiger partial charge in [0.05, 0.1) is 39.9 Å². The fourth-order valence-electron chi connectivity index (χ4n) is 8.64. The molecule has 0 radical (unpaired) electrons. The molecule has 8 nitrogen and oxygen atoms in total. The monoisotopic (exact) mass is 953 g/mol. The largest absolute Gasteiger partial charge is 0.756 e. The first-order valence-electron chi connectivity index (χ1n) is 28.7. The Bertz CT molecular complexity index is 1130. The third kappa shape index (κ3) is 50.8. The van der Waals surface area contributed by atoms with Crippen molar-refractivity contribution < 1.29 is 32.9 Å². The second kappa shape index (κ2) is 49.0. The van der Waals surface area contributed by atoms with E-state index in [1.165, 1.54) is 225 Å². The van der Waals surface area contributed by atoms with Crippen molar-refractivity contribution in [3.8, 4) is 0 Å². The molecule has 0 aliphatic carbocycles. The van der Waals surface area contributed by atoms with Crippen LogP contribution in [0.5, 0.6) is 0 Å². The Morgan fingerprint density at radius 3 is 1.23 bits per heavy atom. The average Bonchev–Trinajstić information content (AvgIpc) is 3.28. The van der Waals surface area contributed by atoms with Crippen LogP contribution in [0.15, 0.2) is 24.3 Å². The van der Waals surface area contributed by atoms with Crippen molar-refractivity contribution in [2.75, 3.05) is 40.9 Å². The number of carbonyl (C=O) groups excluding carboxylic acids is 1. The summed E-state index contributed by atoms with van der Waals surface area (Å²) in [5.74, 6) is -0.202. The highest BCUT2D eigenvalue weighted by atomic mass is 31.2. The lowest BCUT2D eigenvalue weighted by Gasteiger charge is -2.29. The van der Waals surface area contributed by atoms with E-state index >= 15 is 0 Å². The van der Waals surface area contributed by atoms with E-state index in [-0.39, 0.29) is 19.1 Å². The molecule has 3 atom stereocenters. The number of likely N-dealkylation sites (N-methyl/N-ethyl adjacent to an activating group) is 1. The molecule has 0 saturated heterocycles. The highest BCUT2D eigenvalue weighted by molar-refractivity contribution is 7.45. The topological polar surface area (TPSA) is 108 Å². The van der Waals surface area contributed by atoms with E-state index in [4.69, 9.17) is 9.05 Å². The van der Waals surface area contributed by atoms with Gasteiger partial charge in [0.15, 0.2) is 0 Å². The van der Waals surface area contributed by atoms with Gasteiger partial charge in [0, 0.05) is 6.42 Å². The van der Waals surface area contributed by atoms with Crippen molar-refractivity contribution in [3.05, 3.63) is 24.3 Å². The molecule has 9 heteroatoms. The van der Waals surface area contributed by atoms with Crippen molar-refractivity contribution in [2.45, 2.75) is 296 Å². The van der Waals surface area contributed by atoms with E-state index in [1.54, 1.807) is 6.08 Å². The van der Waals surface area contributed by atoms with Crippen LogP contribution in [-0.4, -0.2) is 68.5 Å². The smallest absolute Gasteiger partial charge is 0.268 e. The van der Waals surface area contributed by atoms with Gasteiger partial charge in [-0.3, -0.25) is 9.36 Å². The fraction of sp³-hybridized carbons (Fsp3) is 0.912. The van der Waals surface area contributed by atoms with Crippen LogP contribution in [0.2, 0.25) is 0 Å². The van der Waals surface area contributed by atoms with Crippen molar-refractivity contribution in [1.82, 2.24) is 5.32 Å². The summed E-state index contributed by atoms with van der Waals surface area (Å²) in [6.07, 6.45) is 61.3. The van der Waals surface area contributed by atoms with Crippen LogP contribution >= 0.6 is 7.82 Å². The van der Waals surface area contributed by atoms with E-state index in [0.29, 0.717) is 17.4 Å². The lowest BCUT2D eigenvalue weighted by molar-refractivity contribution is -0.870. The minimum Gasteiger partial charge on any atom is -0.756 e. The molecular formula is C57H113N2O6P. The van der Waals surface area contributed by atoms with Crippen LogP contribution in [0.3, 0.4) is 0 Å². The molecule has 0 aliphatic rings. The van der Waals surface area contributed by atoms with E-state index in [0.717, 1.165) is 38.5 Å². The highest BCUT2D eigenvalue weighted by Gasteiger charge is 2.23. The molecule has 66 heavy (non-hydrogen) atoms. The highest BCUT2D eigenvalue weighted by Crippen LogP contribution is 2.38. The van der Waals surface area contributed by atoms with Gasteiger partial charge in [-0.1, -0.05) is 269 Å². The first kappa shape index (κ1) is 65.0. The molecule has 0 heterocycles. The summed E-state index contributed by atoms with van der Waals surface area (Å²) >= 11 is 0. The number of hydrogen-bond donors (Lipinski definition) is 2. The molecular weight excluding hydrogens is 840 g/mol. The van der Waals surface area contributed by atoms with Crippen LogP contribution < -0.4 is 10.2 Å². The molecule has 392 valence electrons. The van der Waals surface area contributed by atoms with Gasteiger partial charge in [0.1, 0.15) is 13.2 Å². The Morgan fingerprint density at radius 2 is 0.848 bits per heavy atom. The second-order valence-electron chi connectivity index (χ2n) is 21.0. The minimum atomic E-state index is -4.60. The molecule has 3 unspecified atom stereocenters. The van der Waals surface area contributed by atoms with Crippen molar-refractivity contribution in [1.29, 1.82) is 0 Å². The van der Waals surface area contributed by atoms with Gasteiger partial charge in [-0.2, -0.15) is 0 Å². The van der Waals surface area contributed by atoms with Gasteiger partial charge in [-0.05, 0) is 32.1 Å². The number of nitrogens with zero attached hydrogens (tertiary/aromatic N) is 1. The summed E-state index contributed by atoms with van der Waals surface area (Å²) in [5, 5.41) is 13.8. The molecule has 0 aliphatic heterocycles. The Balaban J connectivity index is 4.01. The standard InChI is InChI=1S/C57H113N2O6P/c1-6-8-10-12-14-16-18-20-21-22-23-24-25-26-27-28-29-30-31-32-33-34-35-36-37-39-41-43-45-47-49-51-57(61)58-55(54-65-66(62,63)64-53-52-59(3,4)5)56(60)50-48-46-44-42-40-38-19-17-15-13-11-9-7-2/h40,42,48,50,55-56,60H,6-39,41,43-47,49,51-54H2,1-5H3,(H-,58,61,62,63)/b42-40+,50-48+. The number of nitrogens with one attached hydrogen (secondary N) is 1. The van der Waals surface area contributed by atoms with Crippen LogP contribution in [0.4, 0.5) is 0 Å². The third-order valence-electron chi connectivity index (χ3n) is 13.2. The maximum Gasteiger partial charge on any atom is 0.268 e. The Kier molecular flexibility index (Phi) is 48.2. The van der Waals surface area contributed by atoms with Crippen LogP contribution in [-0.2, 0) is 18.4 Å². The Morgan fingerprint density at radius 1 is 0.515 bits per heavy atom. The number of aliphatic hydroxyl groups is 1. The van der Waals surface area contributed by atoms with Gasteiger partial charge < -0.3 is 28.8 Å². The summed E-state index contributed by atoms with van der Waals surface area (Å²) < 4.78 is 23.3.